The molecular formula is C21H31N5O5. The van der Waals surface area contributed by atoms with Crippen LogP contribution in [0.4, 0.5) is 4.79 Å². The molecule has 1 aromatic rings. The lowest BCUT2D eigenvalue weighted by atomic mass is 9.65. The van der Waals surface area contributed by atoms with Crippen molar-refractivity contribution in [3.8, 4) is 11.5 Å². The molecule has 10 nitrogen and oxygen atoms in total. The van der Waals surface area contributed by atoms with Crippen LogP contribution < -0.4 is 25.5 Å². The van der Waals surface area contributed by atoms with E-state index in [1.807, 2.05) is 6.07 Å². The molecule has 0 unspecified atom stereocenters. The number of likely N-dealkylation sites (N-methyl/N-ethyl adjacent to an activating group) is 1. The maximum atomic E-state index is 11.9. The van der Waals surface area contributed by atoms with Gasteiger partial charge in [-0.15, -0.1) is 0 Å². The fourth-order valence-electron chi connectivity index (χ4n) is 4.67. The first kappa shape index (κ1) is 22.8. The number of fused-ring (bicyclic) bond motifs is 1. The number of carbonyl (C=O) groups excluding carboxylic acids is 1. The van der Waals surface area contributed by atoms with E-state index in [2.05, 4.69) is 45.2 Å². The Morgan fingerprint density at radius 1 is 1.26 bits per heavy atom. The van der Waals surface area contributed by atoms with Gasteiger partial charge in [-0.3, -0.25) is 10.1 Å². The first-order chi connectivity index (χ1) is 14.9. The van der Waals surface area contributed by atoms with Gasteiger partial charge in [0, 0.05) is 23.6 Å². The Morgan fingerprint density at radius 2 is 2.03 bits per heavy atom. The van der Waals surface area contributed by atoms with Crippen molar-refractivity contribution in [1.82, 2.24) is 21.0 Å². The van der Waals surface area contributed by atoms with Gasteiger partial charge in [-0.05, 0) is 50.6 Å². The van der Waals surface area contributed by atoms with Crippen LogP contribution in [0.5, 0.6) is 11.5 Å². The van der Waals surface area contributed by atoms with Crippen LogP contribution in [0.2, 0.25) is 0 Å². The third kappa shape index (κ3) is 5.08. The molecule has 4 N–H and O–H groups in total. The lowest BCUT2D eigenvalue weighted by Gasteiger charge is -2.42. The van der Waals surface area contributed by atoms with Crippen LogP contribution >= 0.6 is 0 Å². The van der Waals surface area contributed by atoms with Crippen molar-refractivity contribution in [1.29, 1.82) is 0 Å². The van der Waals surface area contributed by atoms with Gasteiger partial charge in [-0.25, -0.2) is 10.2 Å². The number of amides is 2. The number of carboxylic acid groups (broad SMARTS) is 1. The average molecular weight is 434 g/mol. The highest BCUT2D eigenvalue weighted by Gasteiger charge is 2.49. The SMILES string of the molecule is COc1ccc([C@@]23CC/C(=N/NC(=O)NCNCC(=O)O)C[C@@H]2N(C)CC3)cc1OC. The quantitative estimate of drug-likeness (QED) is 0.275. The molecule has 0 spiro atoms. The Balaban J connectivity index is 1.66. The van der Waals surface area contributed by atoms with Gasteiger partial charge in [0.1, 0.15) is 0 Å². The highest BCUT2D eigenvalue weighted by Crippen LogP contribution is 2.49. The smallest absolute Gasteiger partial charge is 0.336 e. The summed E-state index contributed by atoms with van der Waals surface area (Å²) in [5.74, 6) is 0.469. The number of likely N-dealkylation sites (tertiary alicyclic amines) is 1. The number of nitrogens with zero attached hydrogens (tertiary/aromatic N) is 2. The number of nitrogens with one attached hydrogen (secondary N) is 3. The maximum Gasteiger partial charge on any atom is 0.336 e. The van der Waals surface area contributed by atoms with E-state index < -0.39 is 12.0 Å². The van der Waals surface area contributed by atoms with Crippen molar-refractivity contribution in [2.45, 2.75) is 37.1 Å². The van der Waals surface area contributed by atoms with Gasteiger partial charge >= 0.3 is 12.0 Å². The lowest BCUT2D eigenvalue weighted by molar-refractivity contribution is -0.135. The van der Waals surface area contributed by atoms with E-state index in [1.54, 1.807) is 14.2 Å². The molecule has 1 saturated heterocycles. The fraction of sp³-hybridized carbons (Fsp3) is 0.571. The fourth-order valence-corrected chi connectivity index (χ4v) is 4.67. The first-order valence-electron chi connectivity index (χ1n) is 10.3. The Hall–Kier alpha value is -2.85. The largest absolute Gasteiger partial charge is 0.493 e. The molecule has 1 aliphatic carbocycles. The zero-order chi connectivity index (χ0) is 22.4. The molecule has 0 bridgehead atoms. The normalized spacial score (nSPS) is 24.5. The predicted octanol–water partition coefficient (Wildman–Crippen LogP) is 1.12. The zero-order valence-electron chi connectivity index (χ0n) is 18.2. The van der Waals surface area contributed by atoms with Crippen molar-refractivity contribution in [2.24, 2.45) is 5.10 Å². The van der Waals surface area contributed by atoms with Gasteiger partial charge in [0.15, 0.2) is 11.5 Å². The van der Waals surface area contributed by atoms with Crippen LogP contribution in [0.25, 0.3) is 0 Å². The Kier molecular flexibility index (Phi) is 7.34. The molecule has 0 radical (unpaired) electrons. The standard InChI is InChI=1S/C21H31N5O5/c1-26-9-8-21(14-4-5-16(30-2)17(10-14)31-3)7-6-15(11-18(21)26)24-25-20(29)23-13-22-12-19(27)28/h4-5,10,18,22H,6-9,11-13H2,1-3H3,(H,27,28)(H2,23,25,29)/b24-15-/t18-,21-/m0/s1. The van der Waals surface area contributed by atoms with E-state index in [1.165, 1.54) is 5.56 Å². The molecule has 2 amide bonds. The number of rotatable bonds is 8. The number of hydrogen-bond acceptors (Lipinski definition) is 7. The molecule has 2 fully saturated rings. The minimum atomic E-state index is -0.983. The molecule has 2 atom stereocenters. The van der Waals surface area contributed by atoms with Crippen LogP contribution in [0.15, 0.2) is 23.3 Å². The summed E-state index contributed by atoms with van der Waals surface area (Å²) in [5, 5.41) is 18.0. The van der Waals surface area contributed by atoms with Crippen molar-refractivity contribution in [3.63, 3.8) is 0 Å². The number of carbonyl (C=O) groups is 2. The number of aliphatic carboxylic acids is 1. The molecule has 3 rings (SSSR count). The molecule has 1 heterocycles. The molecule has 1 saturated carbocycles. The number of ether oxygens (including phenoxy) is 2. The Bertz CT molecular complexity index is 845. The molecule has 1 aromatic carbocycles. The third-order valence-corrected chi connectivity index (χ3v) is 6.29. The van der Waals surface area contributed by atoms with Gasteiger partial charge in [-0.1, -0.05) is 6.07 Å². The van der Waals surface area contributed by atoms with E-state index in [4.69, 9.17) is 14.6 Å². The predicted molar refractivity (Wildman–Crippen MR) is 116 cm³/mol. The van der Waals surface area contributed by atoms with Crippen molar-refractivity contribution in [2.75, 3.05) is 41.0 Å². The maximum absolute atomic E-state index is 11.9. The van der Waals surface area contributed by atoms with Gasteiger partial charge < -0.3 is 24.8 Å². The second kappa shape index (κ2) is 9.97. The van der Waals surface area contributed by atoms with E-state index in [0.717, 1.165) is 49.4 Å². The molecule has 10 heteroatoms. The molecular weight excluding hydrogens is 402 g/mol. The molecule has 0 aromatic heterocycles. The summed E-state index contributed by atoms with van der Waals surface area (Å²) < 4.78 is 10.9. The summed E-state index contributed by atoms with van der Waals surface area (Å²) in [4.78, 5) is 24.7. The second-order valence-corrected chi connectivity index (χ2v) is 7.97. The average Bonchev–Trinajstić information content (AvgIpc) is 3.11. The van der Waals surface area contributed by atoms with Crippen LogP contribution in [-0.2, 0) is 10.2 Å². The summed E-state index contributed by atoms with van der Waals surface area (Å²) >= 11 is 0. The summed E-state index contributed by atoms with van der Waals surface area (Å²) in [5.41, 5.74) is 4.72. The van der Waals surface area contributed by atoms with Crippen LogP contribution in [0.3, 0.4) is 0 Å². The van der Waals surface area contributed by atoms with E-state index >= 15 is 0 Å². The van der Waals surface area contributed by atoms with Crippen LogP contribution in [0.1, 0.15) is 31.2 Å². The van der Waals surface area contributed by atoms with Crippen molar-refractivity contribution >= 4 is 17.7 Å². The summed E-state index contributed by atoms with van der Waals surface area (Å²) in [6.07, 6.45) is 3.54. The van der Waals surface area contributed by atoms with Crippen LogP contribution in [-0.4, -0.2) is 74.8 Å². The van der Waals surface area contributed by atoms with Crippen molar-refractivity contribution in [3.05, 3.63) is 23.8 Å². The first-order valence-corrected chi connectivity index (χ1v) is 10.3. The zero-order valence-corrected chi connectivity index (χ0v) is 18.2. The van der Waals surface area contributed by atoms with E-state index in [-0.39, 0.29) is 24.7 Å². The highest BCUT2D eigenvalue weighted by atomic mass is 16.5. The minimum absolute atomic E-state index is 0.0103. The lowest BCUT2D eigenvalue weighted by Crippen LogP contribution is -2.47. The third-order valence-electron chi connectivity index (χ3n) is 6.29. The van der Waals surface area contributed by atoms with E-state index in [9.17, 15) is 9.59 Å². The molecule has 31 heavy (non-hydrogen) atoms. The number of carboxylic acids is 1. The topological polar surface area (TPSA) is 125 Å². The summed E-state index contributed by atoms with van der Waals surface area (Å²) in [6.45, 7) is 0.827. The van der Waals surface area contributed by atoms with Crippen molar-refractivity contribution < 1.29 is 24.2 Å². The number of methoxy groups -OCH3 is 2. The van der Waals surface area contributed by atoms with Gasteiger partial charge in [0.2, 0.25) is 0 Å². The Labute approximate surface area is 182 Å². The van der Waals surface area contributed by atoms with Gasteiger partial charge in [0.05, 0.1) is 27.4 Å². The van der Waals surface area contributed by atoms with E-state index in [0.29, 0.717) is 0 Å². The monoisotopic (exact) mass is 433 g/mol. The molecule has 170 valence electrons. The van der Waals surface area contributed by atoms with Crippen LogP contribution in [0, 0.1) is 0 Å². The van der Waals surface area contributed by atoms with Gasteiger partial charge in [0.25, 0.3) is 0 Å². The van der Waals surface area contributed by atoms with Gasteiger partial charge in [-0.2, -0.15) is 5.10 Å². The number of hydrogen-bond donors (Lipinski definition) is 4. The number of urea groups is 1. The Morgan fingerprint density at radius 3 is 2.74 bits per heavy atom. The second-order valence-electron chi connectivity index (χ2n) is 7.97. The molecule has 2 aliphatic rings. The number of benzene rings is 1. The minimum Gasteiger partial charge on any atom is -0.493 e. The molecule has 1 aliphatic heterocycles. The number of hydrazone groups is 1. The summed E-state index contributed by atoms with van der Waals surface area (Å²) in [6, 6.07) is 5.99. The highest BCUT2D eigenvalue weighted by molar-refractivity contribution is 5.88. The summed E-state index contributed by atoms with van der Waals surface area (Å²) in [7, 11) is 5.41.